The SMILES string of the molecule is O=C1NC(=O)C(=Cc2cc3cncc(-c4ccc(Br)nc4)c3o2)S1. The predicted molar refractivity (Wildman–Crippen MR) is 94.0 cm³/mol. The Morgan fingerprint density at radius 2 is 2.08 bits per heavy atom. The zero-order chi connectivity index (χ0) is 16.7. The van der Waals surface area contributed by atoms with Gasteiger partial charge in [0.25, 0.3) is 11.1 Å². The maximum Gasteiger partial charge on any atom is 0.290 e. The molecule has 4 rings (SSSR count). The number of amides is 2. The molecule has 4 heterocycles. The topological polar surface area (TPSA) is 85.1 Å². The average Bonchev–Trinajstić information content (AvgIpc) is 3.10. The van der Waals surface area contributed by atoms with Crippen LogP contribution in [-0.4, -0.2) is 21.1 Å². The molecular formula is C16H8BrN3O3S. The number of aromatic nitrogens is 2. The fourth-order valence-corrected chi connectivity index (χ4v) is 3.24. The molecule has 0 radical (unpaired) electrons. The third-order valence-corrected chi connectivity index (χ3v) is 4.68. The van der Waals surface area contributed by atoms with E-state index in [9.17, 15) is 9.59 Å². The Kier molecular flexibility index (Phi) is 3.70. The first-order valence-electron chi connectivity index (χ1n) is 6.84. The molecule has 1 fully saturated rings. The number of halogens is 1. The lowest BCUT2D eigenvalue weighted by molar-refractivity contribution is -0.115. The largest absolute Gasteiger partial charge is 0.456 e. The highest BCUT2D eigenvalue weighted by Crippen LogP contribution is 2.32. The number of nitrogens with zero attached hydrogens (tertiary/aromatic N) is 2. The summed E-state index contributed by atoms with van der Waals surface area (Å²) in [5, 5.41) is 2.63. The standard InChI is InChI=1S/C16H8BrN3O3S/c17-13-2-1-8(6-19-13)11-7-18-5-9-3-10(23-14(9)11)4-12-15(21)20-16(22)24-12/h1-7H,(H,20,21,22). The average molecular weight is 402 g/mol. The van der Waals surface area contributed by atoms with Crippen molar-refractivity contribution in [3.63, 3.8) is 0 Å². The van der Waals surface area contributed by atoms with Crippen LogP contribution in [0.4, 0.5) is 4.79 Å². The van der Waals surface area contributed by atoms with Crippen molar-refractivity contribution in [2.24, 2.45) is 0 Å². The van der Waals surface area contributed by atoms with Crippen LogP contribution in [0.1, 0.15) is 5.76 Å². The Morgan fingerprint density at radius 3 is 2.79 bits per heavy atom. The molecule has 0 bridgehead atoms. The number of nitrogens with one attached hydrogen (secondary N) is 1. The molecule has 0 aliphatic carbocycles. The van der Waals surface area contributed by atoms with Gasteiger partial charge in [-0.25, -0.2) is 4.98 Å². The lowest BCUT2D eigenvalue weighted by Gasteiger charge is -2.01. The van der Waals surface area contributed by atoms with Gasteiger partial charge < -0.3 is 4.42 Å². The van der Waals surface area contributed by atoms with E-state index in [0.717, 1.165) is 32.9 Å². The number of carbonyl (C=O) groups excluding carboxylic acids is 2. The van der Waals surface area contributed by atoms with Crippen LogP contribution in [0.3, 0.4) is 0 Å². The van der Waals surface area contributed by atoms with Gasteiger partial charge in [0.1, 0.15) is 15.9 Å². The Morgan fingerprint density at radius 1 is 1.21 bits per heavy atom. The van der Waals surface area contributed by atoms with Crippen LogP contribution < -0.4 is 5.32 Å². The molecule has 0 atom stereocenters. The Bertz CT molecular complexity index is 1010. The third-order valence-electron chi connectivity index (χ3n) is 3.40. The van der Waals surface area contributed by atoms with E-state index in [-0.39, 0.29) is 5.24 Å². The van der Waals surface area contributed by atoms with Crippen molar-refractivity contribution in [1.29, 1.82) is 0 Å². The van der Waals surface area contributed by atoms with Crippen LogP contribution in [0.25, 0.3) is 28.2 Å². The summed E-state index contributed by atoms with van der Waals surface area (Å²) in [5.41, 5.74) is 2.32. The van der Waals surface area contributed by atoms with Crippen molar-refractivity contribution < 1.29 is 14.0 Å². The summed E-state index contributed by atoms with van der Waals surface area (Å²) in [7, 11) is 0. The molecule has 1 aliphatic rings. The molecule has 1 aliphatic heterocycles. The Labute approximate surface area is 148 Å². The number of rotatable bonds is 2. The van der Waals surface area contributed by atoms with Gasteiger partial charge in [-0.2, -0.15) is 0 Å². The second kappa shape index (κ2) is 5.88. The van der Waals surface area contributed by atoms with Gasteiger partial charge in [-0.05, 0) is 45.9 Å². The molecular weight excluding hydrogens is 394 g/mol. The van der Waals surface area contributed by atoms with E-state index in [1.807, 2.05) is 12.1 Å². The number of furan rings is 1. The van der Waals surface area contributed by atoms with E-state index < -0.39 is 5.91 Å². The summed E-state index contributed by atoms with van der Waals surface area (Å²) in [6, 6.07) is 5.53. The number of imide groups is 1. The molecule has 6 nitrogen and oxygen atoms in total. The third kappa shape index (κ3) is 2.74. The van der Waals surface area contributed by atoms with Crippen molar-refractivity contribution in [1.82, 2.24) is 15.3 Å². The summed E-state index contributed by atoms with van der Waals surface area (Å²) >= 11 is 4.16. The van der Waals surface area contributed by atoms with Crippen LogP contribution >= 0.6 is 27.7 Å². The summed E-state index contributed by atoms with van der Waals surface area (Å²) < 4.78 is 6.61. The van der Waals surface area contributed by atoms with Gasteiger partial charge >= 0.3 is 0 Å². The van der Waals surface area contributed by atoms with Crippen molar-refractivity contribution in [2.45, 2.75) is 0 Å². The van der Waals surface area contributed by atoms with Crippen LogP contribution in [-0.2, 0) is 4.79 Å². The lowest BCUT2D eigenvalue weighted by atomic mass is 10.1. The highest BCUT2D eigenvalue weighted by Gasteiger charge is 2.25. The summed E-state index contributed by atoms with van der Waals surface area (Å²) in [5.74, 6) is 0.0672. The van der Waals surface area contributed by atoms with Gasteiger partial charge in [0, 0.05) is 41.2 Å². The fourth-order valence-electron chi connectivity index (χ4n) is 2.34. The first kappa shape index (κ1) is 15.1. The van der Waals surface area contributed by atoms with Gasteiger partial charge in [0.15, 0.2) is 0 Å². The molecule has 1 saturated heterocycles. The molecule has 2 amide bonds. The van der Waals surface area contributed by atoms with E-state index in [1.165, 1.54) is 0 Å². The second-order valence-electron chi connectivity index (χ2n) is 4.98. The first-order valence-corrected chi connectivity index (χ1v) is 8.45. The number of thioether (sulfide) groups is 1. The minimum Gasteiger partial charge on any atom is -0.456 e. The van der Waals surface area contributed by atoms with Gasteiger partial charge in [-0.3, -0.25) is 19.9 Å². The van der Waals surface area contributed by atoms with Crippen molar-refractivity contribution in [2.75, 3.05) is 0 Å². The number of hydrogen-bond acceptors (Lipinski definition) is 6. The maximum atomic E-state index is 11.6. The molecule has 3 aromatic rings. The van der Waals surface area contributed by atoms with Gasteiger partial charge in [-0.15, -0.1) is 0 Å². The number of pyridine rings is 2. The van der Waals surface area contributed by atoms with Crippen molar-refractivity contribution >= 4 is 55.9 Å². The summed E-state index contributed by atoms with van der Waals surface area (Å²) in [6.45, 7) is 0. The number of fused-ring (bicyclic) bond motifs is 1. The highest BCUT2D eigenvalue weighted by atomic mass is 79.9. The molecule has 0 aromatic carbocycles. The molecule has 0 unspecified atom stereocenters. The number of carbonyl (C=O) groups is 2. The smallest absolute Gasteiger partial charge is 0.290 e. The van der Waals surface area contributed by atoms with Crippen LogP contribution in [0.5, 0.6) is 0 Å². The Hall–Kier alpha value is -2.45. The molecule has 3 aromatic heterocycles. The number of hydrogen-bond donors (Lipinski definition) is 1. The van der Waals surface area contributed by atoms with Crippen LogP contribution in [0.2, 0.25) is 0 Å². The molecule has 118 valence electrons. The summed E-state index contributed by atoms with van der Waals surface area (Å²) in [6.07, 6.45) is 6.66. The van der Waals surface area contributed by atoms with Gasteiger partial charge in [0.05, 0.1) is 4.91 Å². The quantitative estimate of drug-likeness (QED) is 0.516. The van der Waals surface area contributed by atoms with E-state index in [4.69, 9.17) is 4.42 Å². The lowest BCUT2D eigenvalue weighted by Crippen LogP contribution is -2.17. The normalized spacial score (nSPS) is 16.1. The summed E-state index contributed by atoms with van der Waals surface area (Å²) in [4.78, 5) is 31.6. The monoisotopic (exact) mass is 401 g/mol. The van der Waals surface area contributed by atoms with Crippen LogP contribution in [0, 0.1) is 0 Å². The zero-order valence-electron chi connectivity index (χ0n) is 11.9. The van der Waals surface area contributed by atoms with E-state index in [1.54, 1.807) is 30.7 Å². The van der Waals surface area contributed by atoms with Crippen molar-refractivity contribution in [3.05, 3.63) is 52.1 Å². The predicted octanol–water partition coefficient (Wildman–Crippen LogP) is 3.98. The van der Waals surface area contributed by atoms with Gasteiger partial charge in [-0.1, -0.05) is 0 Å². The molecule has 24 heavy (non-hydrogen) atoms. The van der Waals surface area contributed by atoms with E-state index in [2.05, 4.69) is 31.2 Å². The highest BCUT2D eigenvalue weighted by molar-refractivity contribution is 9.10. The first-order chi connectivity index (χ1) is 11.6. The zero-order valence-corrected chi connectivity index (χ0v) is 14.3. The molecule has 1 N–H and O–H groups in total. The minimum atomic E-state index is -0.416. The molecule has 0 saturated carbocycles. The van der Waals surface area contributed by atoms with E-state index in [0.29, 0.717) is 16.2 Å². The Balaban J connectivity index is 1.80. The minimum absolute atomic E-state index is 0.305. The van der Waals surface area contributed by atoms with Crippen LogP contribution in [0.15, 0.2) is 50.7 Å². The van der Waals surface area contributed by atoms with Crippen molar-refractivity contribution in [3.8, 4) is 11.1 Å². The van der Waals surface area contributed by atoms with Gasteiger partial charge in [0.2, 0.25) is 0 Å². The maximum absolute atomic E-state index is 11.6. The molecule has 0 spiro atoms. The molecule has 8 heteroatoms. The van der Waals surface area contributed by atoms with E-state index >= 15 is 0 Å². The second-order valence-corrected chi connectivity index (χ2v) is 6.80. The fraction of sp³-hybridized carbons (Fsp3) is 0.